The lowest BCUT2D eigenvalue weighted by atomic mass is 10.1. The third kappa shape index (κ3) is 5.77. The molecule has 2 atom stereocenters. The number of amides is 1. The first kappa shape index (κ1) is 22.0. The van der Waals surface area contributed by atoms with Crippen LogP contribution in [0.1, 0.15) is 32.4 Å². The Hall–Kier alpha value is -2.00. The summed E-state index contributed by atoms with van der Waals surface area (Å²) in [4.78, 5) is 22.0. The molecule has 1 amide bonds. The number of nitrogens with one attached hydrogen (secondary N) is 1. The van der Waals surface area contributed by atoms with Crippen LogP contribution in [-0.4, -0.2) is 41.8 Å². The van der Waals surface area contributed by atoms with Gasteiger partial charge in [-0.15, -0.1) is 0 Å². The second-order valence-electron chi connectivity index (χ2n) is 4.98. The lowest BCUT2D eigenvalue weighted by Crippen LogP contribution is -2.37. The van der Waals surface area contributed by atoms with Gasteiger partial charge in [-0.3, -0.25) is 14.7 Å². The highest BCUT2D eigenvalue weighted by molar-refractivity contribution is 7.54. The molecule has 0 saturated carbocycles. The van der Waals surface area contributed by atoms with E-state index in [1.807, 2.05) is 0 Å². The number of aliphatic hydroxyl groups is 1. The summed E-state index contributed by atoms with van der Waals surface area (Å²) >= 11 is 0. The Labute approximate surface area is 151 Å². The number of nitro groups is 1. The molecule has 1 aromatic rings. The minimum atomic E-state index is -3.99. The van der Waals surface area contributed by atoms with Crippen molar-refractivity contribution in [1.29, 1.82) is 0 Å². The van der Waals surface area contributed by atoms with Crippen molar-refractivity contribution in [2.75, 3.05) is 19.8 Å². The SMILES string of the molecule is CCOC(=O)N[C@@H](c1ccc([N+](=O)[O-])cc1)[C@@H](O)P(=O)(OCC)OCC. The highest BCUT2D eigenvalue weighted by atomic mass is 31.2. The maximum Gasteiger partial charge on any atom is 0.407 e. The number of ether oxygens (including phenoxy) is 1. The minimum absolute atomic E-state index is 0.0146. The number of hydrogen-bond donors (Lipinski definition) is 2. The van der Waals surface area contributed by atoms with Crippen LogP contribution in [0, 0.1) is 10.1 Å². The predicted octanol–water partition coefficient (Wildman–Crippen LogP) is 2.97. The van der Waals surface area contributed by atoms with E-state index in [2.05, 4.69) is 5.32 Å². The molecule has 0 heterocycles. The van der Waals surface area contributed by atoms with Gasteiger partial charge in [0.05, 0.1) is 30.8 Å². The van der Waals surface area contributed by atoms with Gasteiger partial charge in [-0.1, -0.05) is 12.1 Å². The maximum atomic E-state index is 12.8. The Bertz CT molecular complexity index is 642. The van der Waals surface area contributed by atoms with E-state index in [1.54, 1.807) is 20.8 Å². The van der Waals surface area contributed by atoms with E-state index in [1.165, 1.54) is 24.3 Å². The average Bonchev–Trinajstić information content (AvgIpc) is 2.60. The van der Waals surface area contributed by atoms with E-state index in [4.69, 9.17) is 13.8 Å². The van der Waals surface area contributed by atoms with Gasteiger partial charge in [0, 0.05) is 12.1 Å². The number of non-ortho nitro benzene ring substituents is 1. The number of nitro benzene ring substituents is 1. The lowest BCUT2D eigenvalue weighted by molar-refractivity contribution is -0.384. The number of aliphatic hydroxyl groups excluding tert-OH is 1. The molecule has 0 saturated heterocycles. The van der Waals surface area contributed by atoms with Gasteiger partial charge in [-0.05, 0) is 26.3 Å². The number of nitrogens with zero attached hydrogens (tertiary/aromatic N) is 1. The van der Waals surface area contributed by atoms with E-state index in [9.17, 15) is 24.6 Å². The molecule has 0 fully saturated rings. The Balaban J connectivity index is 3.23. The van der Waals surface area contributed by atoms with Crippen molar-refractivity contribution in [1.82, 2.24) is 5.32 Å². The van der Waals surface area contributed by atoms with Crippen LogP contribution >= 0.6 is 7.60 Å². The van der Waals surface area contributed by atoms with Crippen molar-refractivity contribution in [3.05, 3.63) is 39.9 Å². The number of carbonyl (C=O) groups excluding carboxylic acids is 1. The van der Waals surface area contributed by atoms with E-state index in [0.717, 1.165) is 0 Å². The predicted molar refractivity (Wildman–Crippen MR) is 92.9 cm³/mol. The molecular formula is C15H23N2O8P. The van der Waals surface area contributed by atoms with E-state index in [-0.39, 0.29) is 31.1 Å². The van der Waals surface area contributed by atoms with Gasteiger partial charge >= 0.3 is 13.7 Å². The molecule has 0 aromatic heterocycles. The second kappa shape index (κ2) is 10.2. The molecule has 0 aliphatic carbocycles. The van der Waals surface area contributed by atoms with Gasteiger partial charge < -0.3 is 24.2 Å². The number of benzene rings is 1. The number of hydrogen-bond acceptors (Lipinski definition) is 8. The molecular weight excluding hydrogens is 367 g/mol. The Morgan fingerprint density at radius 1 is 1.19 bits per heavy atom. The van der Waals surface area contributed by atoms with Crippen LogP contribution in [0.15, 0.2) is 24.3 Å². The summed E-state index contributed by atoms with van der Waals surface area (Å²) in [6.45, 7) is 4.88. The quantitative estimate of drug-likeness (QED) is 0.353. The minimum Gasteiger partial charge on any atom is -0.450 e. The largest absolute Gasteiger partial charge is 0.450 e. The van der Waals surface area contributed by atoms with Crippen molar-refractivity contribution in [2.24, 2.45) is 0 Å². The van der Waals surface area contributed by atoms with Gasteiger partial charge in [-0.2, -0.15) is 0 Å². The number of alkyl carbamates (subject to hydrolysis) is 1. The van der Waals surface area contributed by atoms with Crippen LogP contribution in [0.25, 0.3) is 0 Å². The van der Waals surface area contributed by atoms with Crippen LogP contribution in [0.4, 0.5) is 10.5 Å². The molecule has 2 N–H and O–H groups in total. The molecule has 146 valence electrons. The first-order valence-electron chi connectivity index (χ1n) is 8.03. The summed E-state index contributed by atoms with van der Waals surface area (Å²) in [6, 6.07) is 3.85. The second-order valence-corrected chi connectivity index (χ2v) is 7.11. The number of rotatable bonds is 10. The molecule has 0 bridgehead atoms. The number of carbonyl (C=O) groups is 1. The fourth-order valence-corrected chi connectivity index (χ4v) is 3.88. The molecule has 0 radical (unpaired) electrons. The lowest BCUT2D eigenvalue weighted by Gasteiger charge is -2.29. The monoisotopic (exact) mass is 390 g/mol. The van der Waals surface area contributed by atoms with Crippen LogP contribution in [0.2, 0.25) is 0 Å². The molecule has 0 unspecified atom stereocenters. The van der Waals surface area contributed by atoms with Crippen LogP contribution in [-0.2, 0) is 18.3 Å². The third-order valence-corrected chi connectivity index (χ3v) is 5.43. The first-order chi connectivity index (χ1) is 12.3. The zero-order valence-corrected chi connectivity index (χ0v) is 15.7. The molecule has 1 rings (SSSR count). The van der Waals surface area contributed by atoms with Crippen molar-refractivity contribution >= 4 is 19.4 Å². The topological polar surface area (TPSA) is 137 Å². The molecule has 11 heteroatoms. The fourth-order valence-electron chi connectivity index (χ4n) is 2.17. The Morgan fingerprint density at radius 3 is 2.15 bits per heavy atom. The van der Waals surface area contributed by atoms with Gasteiger partial charge in [0.1, 0.15) is 0 Å². The molecule has 26 heavy (non-hydrogen) atoms. The van der Waals surface area contributed by atoms with E-state index >= 15 is 0 Å². The maximum absolute atomic E-state index is 12.8. The molecule has 1 aromatic carbocycles. The van der Waals surface area contributed by atoms with Crippen LogP contribution in [0.5, 0.6) is 0 Å². The summed E-state index contributed by atoms with van der Waals surface area (Å²) in [5, 5.41) is 23.8. The van der Waals surface area contributed by atoms with E-state index < -0.39 is 30.5 Å². The average molecular weight is 390 g/mol. The van der Waals surface area contributed by atoms with Gasteiger partial charge in [0.25, 0.3) is 5.69 Å². The van der Waals surface area contributed by atoms with Crippen LogP contribution in [0.3, 0.4) is 0 Å². The zero-order chi connectivity index (χ0) is 19.7. The Morgan fingerprint density at radius 2 is 1.73 bits per heavy atom. The fraction of sp³-hybridized carbons (Fsp3) is 0.533. The standard InChI is InChI=1S/C15H23N2O8P/c1-4-23-15(19)16-13(11-7-9-12(10-8-11)17(20)21)14(18)26(22,24-5-2)25-6-3/h7-10,13-14,18H,4-6H2,1-3H3,(H,16,19)/t13-,14-/m0/s1. The summed E-state index contributed by atoms with van der Waals surface area (Å²) in [5.74, 6) is -1.74. The molecule has 0 aliphatic heterocycles. The van der Waals surface area contributed by atoms with Gasteiger partial charge in [-0.25, -0.2) is 4.79 Å². The van der Waals surface area contributed by atoms with Crippen molar-refractivity contribution in [2.45, 2.75) is 32.7 Å². The van der Waals surface area contributed by atoms with Crippen molar-refractivity contribution in [3.63, 3.8) is 0 Å². The molecule has 10 nitrogen and oxygen atoms in total. The van der Waals surface area contributed by atoms with Gasteiger partial charge in [0.15, 0.2) is 5.85 Å². The summed E-state index contributed by atoms with van der Waals surface area (Å²) in [7, 11) is -3.99. The third-order valence-electron chi connectivity index (χ3n) is 3.25. The van der Waals surface area contributed by atoms with E-state index in [0.29, 0.717) is 0 Å². The molecule has 0 aliphatic rings. The molecule has 0 spiro atoms. The first-order valence-corrected chi connectivity index (χ1v) is 9.64. The van der Waals surface area contributed by atoms with Crippen molar-refractivity contribution in [3.8, 4) is 0 Å². The highest BCUT2D eigenvalue weighted by Crippen LogP contribution is 2.55. The van der Waals surface area contributed by atoms with Crippen molar-refractivity contribution < 1.29 is 33.2 Å². The highest BCUT2D eigenvalue weighted by Gasteiger charge is 2.41. The Kier molecular flexibility index (Phi) is 8.67. The zero-order valence-electron chi connectivity index (χ0n) is 14.8. The smallest absolute Gasteiger partial charge is 0.407 e. The summed E-state index contributed by atoms with van der Waals surface area (Å²) < 4.78 is 27.9. The van der Waals surface area contributed by atoms with Gasteiger partial charge in [0.2, 0.25) is 0 Å². The summed E-state index contributed by atoms with van der Waals surface area (Å²) in [5.41, 5.74) is 0.103. The normalized spacial score (nSPS) is 13.7. The van der Waals surface area contributed by atoms with Crippen LogP contribution < -0.4 is 5.32 Å². The summed E-state index contributed by atoms with van der Waals surface area (Å²) in [6.07, 6.45) is -0.852.